The zero-order valence-corrected chi connectivity index (χ0v) is 12.3. The van der Waals surface area contributed by atoms with Gasteiger partial charge in [-0.3, -0.25) is 4.90 Å². The summed E-state index contributed by atoms with van der Waals surface area (Å²) in [6, 6.07) is 2.72. The van der Waals surface area contributed by atoms with Crippen LogP contribution >= 0.6 is 0 Å². The topological polar surface area (TPSA) is 6.48 Å². The molecule has 3 rings (SSSR count). The molecule has 0 saturated carbocycles. The molecule has 2 nitrogen and oxygen atoms in total. The van der Waals surface area contributed by atoms with Gasteiger partial charge in [0.2, 0.25) is 0 Å². The highest BCUT2D eigenvalue weighted by molar-refractivity contribution is 5.00. The molecule has 104 valence electrons. The third kappa shape index (κ3) is 2.22. The normalized spacial score (nSPS) is 42.3. The van der Waals surface area contributed by atoms with Gasteiger partial charge in [-0.25, -0.2) is 0 Å². The molecule has 0 radical (unpaired) electrons. The van der Waals surface area contributed by atoms with Crippen LogP contribution in [0.5, 0.6) is 0 Å². The first kappa shape index (κ1) is 12.9. The third-order valence-corrected chi connectivity index (χ3v) is 5.80. The Morgan fingerprint density at radius 3 is 2.72 bits per heavy atom. The van der Waals surface area contributed by atoms with Gasteiger partial charge in [0, 0.05) is 18.1 Å². The highest BCUT2D eigenvalue weighted by Gasteiger charge is 2.45. The van der Waals surface area contributed by atoms with Crippen molar-refractivity contribution in [2.24, 2.45) is 5.92 Å². The molecule has 0 aromatic heterocycles. The fraction of sp³-hybridized carbons (Fsp3) is 1.00. The van der Waals surface area contributed by atoms with Gasteiger partial charge in [-0.2, -0.15) is 0 Å². The van der Waals surface area contributed by atoms with Gasteiger partial charge in [-0.1, -0.05) is 19.8 Å². The van der Waals surface area contributed by atoms with Crippen molar-refractivity contribution in [3.8, 4) is 0 Å². The first-order valence-corrected chi connectivity index (χ1v) is 8.27. The molecule has 3 aliphatic rings. The van der Waals surface area contributed by atoms with Crippen molar-refractivity contribution in [3.63, 3.8) is 0 Å². The number of likely N-dealkylation sites (tertiary alicyclic amines) is 1. The van der Waals surface area contributed by atoms with E-state index in [0.717, 1.165) is 24.0 Å². The van der Waals surface area contributed by atoms with Crippen LogP contribution in [0.4, 0.5) is 0 Å². The molecule has 0 bridgehead atoms. The van der Waals surface area contributed by atoms with Gasteiger partial charge in [0.1, 0.15) is 0 Å². The van der Waals surface area contributed by atoms with Crippen LogP contribution in [0.25, 0.3) is 0 Å². The fourth-order valence-electron chi connectivity index (χ4n) is 4.99. The maximum Gasteiger partial charge on any atom is 0.0150 e. The Bertz CT molecular complexity index is 278. The fourth-order valence-corrected chi connectivity index (χ4v) is 4.99. The molecule has 18 heavy (non-hydrogen) atoms. The Hall–Kier alpha value is -0.0800. The van der Waals surface area contributed by atoms with Gasteiger partial charge in [0.05, 0.1) is 0 Å². The van der Waals surface area contributed by atoms with Crippen LogP contribution in [-0.2, 0) is 0 Å². The third-order valence-electron chi connectivity index (χ3n) is 5.80. The summed E-state index contributed by atoms with van der Waals surface area (Å²) >= 11 is 0. The molecule has 0 spiro atoms. The Morgan fingerprint density at radius 1 is 1.00 bits per heavy atom. The molecule has 0 N–H and O–H groups in total. The molecule has 3 heterocycles. The van der Waals surface area contributed by atoms with E-state index >= 15 is 0 Å². The molecular weight excluding hydrogens is 220 g/mol. The number of fused-ring (bicyclic) bond motifs is 3. The lowest BCUT2D eigenvalue weighted by Gasteiger charge is -2.56. The zero-order valence-electron chi connectivity index (χ0n) is 12.3. The van der Waals surface area contributed by atoms with E-state index in [1.54, 1.807) is 0 Å². The van der Waals surface area contributed by atoms with Gasteiger partial charge in [-0.15, -0.1) is 0 Å². The molecule has 3 aliphatic heterocycles. The van der Waals surface area contributed by atoms with Crippen molar-refractivity contribution < 1.29 is 0 Å². The number of hydrogen-bond donors (Lipinski definition) is 0. The van der Waals surface area contributed by atoms with Crippen LogP contribution in [0.15, 0.2) is 0 Å². The van der Waals surface area contributed by atoms with Gasteiger partial charge < -0.3 is 4.90 Å². The largest absolute Gasteiger partial charge is 0.303 e. The number of rotatable bonds is 2. The molecule has 0 unspecified atom stereocenters. The summed E-state index contributed by atoms with van der Waals surface area (Å²) in [6.45, 7) is 5.09. The first-order valence-electron chi connectivity index (χ1n) is 8.27. The van der Waals surface area contributed by atoms with Crippen molar-refractivity contribution >= 4 is 0 Å². The summed E-state index contributed by atoms with van der Waals surface area (Å²) in [5, 5.41) is 0. The number of nitrogens with zero attached hydrogens (tertiary/aromatic N) is 2. The molecule has 3 saturated heterocycles. The SMILES string of the molecule is CCC[C@@H]1C[C@@H]2[C@H](CCCN2C)[C@H]2CCCCN12. The van der Waals surface area contributed by atoms with Crippen molar-refractivity contribution in [1.82, 2.24) is 9.80 Å². The Kier molecular flexibility index (Phi) is 3.95. The molecule has 0 amide bonds. The maximum atomic E-state index is 2.92. The molecule has 0 aromatic carbocycles. The summed E-state index contributed by atoms with van der Waals surface area (Å²) in [6.07, 6.45) is 11.6. The Morgan fingerprint density at radius 2 is 1.89 bits per heavy atom. The summed E-state index contributed by atoms with van der Waals surface area (Å²) in [5.74, 6) is 0.983. The summed E-state index contributed by atoms with van der Waals surface area (Å²) in [5.41, 5.74) is 0. The van der Waals surface area contributed by atoms with Crippen molar-refractivity contribution in [3.05, 3.63) is 0 Å². The summed E-state index contributed by atoms with van der Waals surface area (Å²) in [7, 11) is 2.37. The Balaban J connectivity index is 1.79. The molecule has 0 aromatic rings. The van der Waals surface area contributed by atoms with Gasteiger partial charge in [0.15, 0.2) is 0 Å². The number of hydrogen-bond acceptors (Lipinski definition) is 2. The van der Waals surface area contributed by atoms with Gasteiger partial charge in [-0.05, 0) is 64.6 Å². The summed E-state index contributed by atoms with van der Waals surface area (Å²) in [4.78, 5) is 5.61. The lowest BCUT2D eigenvalue weighted by Crippen LogP contribution is -2.62. The van der Waals surface area contributed by atoms with Crippen molar-refractivity contribution in [1.29, 1.82) is 0 Å². The van der Waals surface area contributed by atoms with E-state index in [1.165, 1.54) is 64.5 Å². The maximum absolute atomic E-state index is 2.92. The minimum Gasteiger partial charge on any atom is -0.303 e. The predicted molar refractivity (Wildman–Crippen MR) is 76.8 cm³/mol. The first-order chi connectivity index (χ1) is 8.81. The monoisotopic (exact) mass is 250 g/mol. The summed E-state index contributed by atoms with van der Waals surface area (Å²) < 4.78 is 0. The van der Waals surface area contributed by atoms with E-state index in [1.807, 2.05) is 0 Å². The van der Waals surface area contributed by atoms with E-state index in [9.17, 15) is 0 Å². The van der Waals surface area contributed by atoms with Gasteiger partial charge in [0.25, 0.3) is 0 Å². The lowest BCUT2D eigenvalue weighted by molar-refractivity contribution is -0.0589. The quantitative estimate of drug-likeness (QED) is 0.743. The second-order valence-electron chi connectivity index (χ2n) is 6.83. The highest BCUT2D eigenvalue weighted by Crippen LogP contribution is 2.41. The number of piperidine rings is 3. The molecule has 0 aliphatic carbocycles. The second kappa shape index (κ2) is 5.50. The van der Waals surface area contributed by atoms with E-state index in [4.69, 9.17) is 0 Å². The smallest absolute Gasteiger partial charge is 0.0150 e. The molecule has 3 fully saturated rings. The van der Waals surface area contributed by atoms with Crippen molar-refractivity contribution in [2.75, 3.05) is 20.1 Å². The van der Waals surface area contributed by atoms with Crippen LogP contribution in [-0.4, -0.2) is 48.1 Å². The van der Waals surface area contributed by atoms with E-state index in [0.29, 0.717) is 0 Å². The highest BCUT2D eigenvalue weighted by atomic mass is 15.3. The van der Waals surface area contributed by atoms with Crippen LogP contribution in [0.3, 0.4) is 0 Å². The minimum absolute atomic E-state index is 0.891. The van der Waals surface area contributed by atoms with E-state index in [2.05, 4.69) is 23.8 Å². The van der Waals surface area contributed by atoms with E-state index < -0.39 is 0 Å². The van der Waals surface area contributed by atoms with Crippen LogP contribution in [0, 0.1) is 5.92 Å². The predicted octanol–water partition coefficient (Wildman–Crippen LogP) is 3.12. The lowest BCUT2D eigenvalue weighted by atomic mass is 9.72. The van der Waals surface area contributed by atoms with Crippen LogP contribution in [0.2, 0.25) is 0 Å². The average Bonchev–Trinajstić information content (AvgIpc) is 2.40. The standard InChI is InChI=1S/C16H30N2/c1-3-7-13-12-16-14(8-6-10-17(16)2)15-9-4-5-11-18(13)15/h13-16H,3-12H2,1-2H3/t13-,14-,15-,16-/m1/s1. The second-order valence-corrected chi connectivity index (χ2v) is 6.83. The Labute approximate surface area is 113 Å². The molecule has 2 heteroatoms. The molecule has 4 atom stereocenters. The van der Waals surface area contributed by atoms with Crippen molar-refractivity contribution in [2.45, 2.75) is 76.4 Å². The minimum atomic E-state index is 0.891. The van der Waals surface area contributed by atoms with E-state index in [-0.39, 0.29) is 0 Å². The van der Waals surface area contributed by atoms with Gasteiger partial charge >= 0.3 is 0 Å². The molecular formula is C16H30N2. The average molecular weight is 250 g/mol. The zero-order chi connectivity index (χ0) is 12.5. The van der Waals surface area contributed by atoms with Crippen LogP contribution < -0.4 is 0 Å². The van der Waals surface area contributed by atoms with Crippen LogP contribution in [0.1, 0.15) is 58.3 Å².